The average molecular weight is 382 g/mol. The third-order valence-corrected chi connectivity index (χ3v) is 3.85. The van der Waals surface area contributed by atoms with E-state index in [4.69, 9.17) is 9.47 Å². The summed E-state index contributed by atoms with van der Waals surface area (Å²) in [6.45, 7) is 0.311. The number of fused-ring (bicyclic) bond motifs is 1. The zero-order chi connectivity index (χ0) is 19.4. The number of hydrogen-bond acceptors (Lipinski definition) is 4. The van der Waals surface area contributed by atoms with Gasteiger partial charge in [-0.05, 0) is 54.4 Å². The van der Waals surface area contributed by atoms with E-state index in [0.717, 1.165) is 23.4 Å². The molecule has 3 rings (SSSR count). The Morgan fingerprint density at radius 3 is 2.52 bits per heavy atom. The van der Waals surface area contributed by atoms with Gasteiger partial charge in [0.25, 0.3) is 0 Å². The second-order valence-electron chi connectivity index (χ2n) is 5.86. The average Bonchev–Trinajstić information content (AvgIpc) is 2.61. The normalized spacial score (nSPS) is 15.9. The van der Waals surface area contributed by atoms with Gasteiger partial charge in [0, 0.05) is 5.69 Å². The van der Waals surface area contributed by atoms with Gasteiger partial charge in [0.1, 0.15) is 23.9 Å². The van der Waals surface area contributed by atoms with E-state index >= 15 is 0 Å². The highest BCUT2D eigenvalue weighted by atomic mass is 19.4. The summed E-state index contributed by atoms with van der Waals surface area (Å²) < 4.78 is 51.0. The van der Waals surface area contributed by atoms with E-state index in [1.165, 1.54) is 12.1 Å². The van der Waals surface area contributed by atoms with Crippen LogP contribution < -0.4 is 24.8 Å². The molecule has 2 aromatic carbocycles. The van der Waals surface area contributed by atoms with E-state index in [0.29, 0.717) is 24.5 Å². The molecule has 0 saturated heterocycles. The molecule has 2 aromatic rings. The zero-order valence-electron chi connectivity index (χ0n) is 14.3. The van der Waals surface area contributed by atoms with Crippen molar-refractivity contribution >= 4 is 11.7 Å². The molecule has 1 aliphatic heterocycles. The molecule has 0 unspecified atom stereocenters. The molecule has 2 N–H and O–H groups in total. The molecule has 1 aliphatic rings. The van der Waals surface area contributed by atoms with Crippen LogP contribution in [0.1, 0.15) is 5.56 Å². The summed E-state index contributed by atoms with van der Waals surface area (Å²) in [5, 5.41) is 5.33. The number of benzene rings is 2. The van der Waals surface area contributed by atoms with E-state index in [-0.39, 0.29) is 11.8 Å². The van der Waals surface area contributed by atoms with Gasteiger partial charge in [-0.1, -0.05) is 0 Å². The Morgan fingerprint density at radius 2 is 1.85 bits per heavy atom. The monoisotopic (exact) mass is 382 g/mol. The van der Waals surface area contributed by atoms with Gasteiger partial charge in [-0.3, -0.25) is 0 Å². The third kappa shape index (κ3) is 5.19. The molecule has 0 aliphatic carbocycles. The predicted octanol–water partition coefficient (Wildman–Crippen LogP) is 3.72. The minimum absolute atomic E-state index is 0.252. The summed E-state index contributed by atoms with van der Waals surface area (Å²) in [5.41, 5.74) is 1.25. The van der Waals surface area contributed by atoms with Crippen LogP contribution in [-0.4, -0.2) is 32.2 Å². The number of carbonyl (C=O) groups excluding carboxylic acids is 1. The lowest BCUT2D eigenvalue weighted by Crippen LogP contribution is -2.44. The molecule has 2 amide bonds. The first kappa shape index (κ1) is 18.7. The van der Waals surface area contributed by atoms with Crippen LogP contribution in [0.3, 0.4) is 0 Å². The fourth-order valence-electron chi connectivity index (χ4n) is 2.68. The predicted molar refractivity (Wildman–Crippen MR) is 91.3 cm³/mol. The Balaban J connectivity index is 1.55. The number of methoxy groups -OCH3 is 1. The summed E-state index contributed by atoms with van der Waals surface area (Å²) in [6.07, 6.45) is -4.19. The fraction of sp³-hybridized carbons (Fsp3) is 0.278. The van der Waals surface area contributed by atoms with Gasteiger partial charge in [-0.25, -0.2) is 4.79 Å². The van der Waals surface area contributed by atoms with Crippen LogP contribution in [0.25, 0.3) is 0 Å². The van der Waals surface area contributed by atoms with Gasteiger partial charge in [0.05, 0.1) is 13.2 Å². The van der Waals surface area contributed by atoms with Gasteiger partial charge in [0.2, 0.25) is 0 Å². The maximum atomic E-state index is 12.1. The lowest BCUT2D eigenvalue weighted by atomic mass is 10.0. The first-order valence-corrected chi connectivity index (χ1v) is 8.05. The number of ether oxygens (including phenoxy) is 3. The van der Waals surface area contributed by atoms with Crippen molar-refractivity contribution in [2.24, 2.45) is 0 Å². The van der Waals surface area contributed by atoms with E-state index in [1.807, 2.05) is 12.1 Å². The number of hydrogen-bond donors (Lipinski definition) is 2. The molecular formula is C18H17F3N2O4. The van der Waals surface area contributed by atoms with Crippen molar-refractivity contribution in [3.05, 3.63) is 48.0 Å². The highest BCUT2D eigenvalue weighted by Crippen LogP contribution is 2.28. The number of urea groups is 1. The van der Waals surface area contributed by atoms with Crippen molar-refractivity contribution in [1.29, 1.82) is 0 Å². The molecule has 144 valence electrons. The van der Waals surface area contributed by atoms with Crippen molar-refractivity contribution in [2.75, 3.05) is 19.0 Å². The lowest BCUT2D eigenvalue weighted by molar-refractivity contribution is -0.274. The molecule has 0 fully saturated rings. The van der Waals surface area contributed by atoms with Crippen molar-refractivity contribution in [3.8, 4) is 17.2 Å². The molecule has 0 spiro atoms. The van der Waals surface area contributed by atoms with Crippen molar-refractivity contribution in [3.63, 3.8) is 0 Å². The Labute approximate surface area is 153 Å². The van der Waals surface area contributed by atoms with Crippen LogP contribution >= 0.6 is 0 Å². The maximum absolute atomic E-state index is 12.1. The number of halogens is 3. The Morgan fingerprint density at radius 1 is 1.15 bits per heavy atom. The Hall–Kier alpha value is -3.10. The highest BCUT2D eigenvalue weighted by molar-refractivity contribution is 5.89. The topological polar surface area (TPSA) is 68.8 Å². The quantitative estimate of drug-likeness (QED) is 0.846. The lowest BCUT2D eigenvalue weighted by Gasteiger charge is -2.26. The molecule has 0 aromatic heterocycles. The van der Waals surface area contributed by atoms with E-state index in [1.54, 1.807) is 13.2 Å². The fourth-order valence-corrected chi connectivity index (χ4v) is 2.68. The molecule has 9 heteroatoms. The summed E-state index contributed by atoms with van der Waals surface area (Å²) >= 11 is 0. The number of anilines is 1. The Bertz CT molecular complexity index is 809. The molecule has 1 atom stereocenters. The molecule has 0 saturated carbocycles. The SMILES string of the molecule is COc1ccc2c(c1)C[C@H](NC(=O)Nc1ccc(OC(F)(F)F)cc1)CO2. The van der Waals surface area contributed by atoms with Gasteiger partial charge < -0.3 is 24.8 Å². The van der Waals surface area contributed by atoms with Gasteiger partial charge >= 0.3 is 12.4 Å². The number of nitrogens with one attached hydrogen (secondary N) is 2. The van der Waals surface area contributed by atoms with Crippen LogP contribution in [0.5, 0.6) is 17.2 Å². The van der Waals surface area contributed by atoms with Crippen LogP contribution in [0.4, 0.5) is 23.7 Å². The molecule has 0 bridgehead atoms. The van der Waals surface area contributed by atoms with Crippen molar-refractivity contribution in [1.82, 2.24) is 5.32 Å². The van der Waals surface area contributed by atoms with Crippen LogP contribution in [0.2, 0.25) is 0 Å². The van der Waals surface area contributed by atoms with Crippen LogP contribution in [-0.2, 0) is 6.42 Å². The van der Waals surface area contributed by atoms with Crippen molar-refractivity contribution < 1.29 is 32.2 Å². The summed E-state index contributed by atoms with van der Waals surface area (Å²) in [7, 11) is 1.57. The van der Waals surface area contributed by atoms with E-state index in [9.17, 15) is 18.0 Å². The molecule has 6 nitrogen and oxygen atoms in total. The van der Waals surface area contributed by atoms with Crippen LogP contribution in [0, 0.1) is 0 Å². The molecule has 27 heavy (non-hydrogen) atoms. The highest BCUT2D eigenvalue weighted by Gasteiger charge is 2.31. The summed E-state index contributed by atoms with van der Waals surface area (Å²) in [4.78, 5) is 12.1. The number of rotatable bonds is 4. The number of alkyl halides is 3. The van der Waals surface area contributed by atoms with Crippen LogP contribution in [0.15, 0.2) is 42.5 Å². The van der Waals surface area contributed by atoms with E-state index < -0.39 is 12.4 Å². The summed E-state index contributed by atoms with van der Waals surface area (Å²) in [5.74, 6) is 1.08. The first-order chi connectivity index (χ1) is 12.8. The van der Waals surface area contributed by atoms with Gasteiger partial charge in [0.15, 0.2) is 0 Å². The van der Waals surface area contributed by atoms with E-state index in [2.05, 4.69) is 15.4 Å². The summed E-state index contributed by atoms with van der Waals surface area (Å²) in [6, 6.07) is 9.60. The van der Waals surface area contributed by atoms with Gasteiger partial charge in [-0.2, -0.15) is 0 Å². The van der Waals surface area contributed by atoms with Crippen molar-refractivity contribution in [2.45, 2.75) is 18.8 Å². The minimum Gasteiger partial charge on any atom is -0.497 e. The molecule has 0 radical (unpaired) electrons. The Kier molecular flexibility index (Phi) is 5.29. The zero-order valence-corrected chi connectivity index (χ0v) is 14.3. The third-order valence-electron chi connectivity index (χ3n) is 3.85. The minimum atomic E-state index is -4.76. The largest absolute Gasteiger partial charge is 0.573 e. The number of carbonyl (C=O) groups is 1. The first-order valence-electron chi connectivity index (χ1n) is 8.05. The standard InChI is InChI=1S/C18H17F3N2O4/c1-25-15-6-7-16-11(9-15)8-13(10-26-16)23-17(24)22-12-2-4-14(5-3-12)27-18(19,20)21/h2-7,9,13H,8,10H2,1H3,(H2,22,23,24)/t13-/m0/s1. The number of amides is 2. The smallest absolute Gasteiger partial charge is 0.497 e. The second-order valence-corrected chi connectivity index (χ2v) is 5.86. The molecule has 1 heterocycles. The molecular weight excluding hydrogens is 365 g/mol. The van der Waals surface area contributed by atoms with Gasteiger partial charge in [-0.15, -0.1) is 13.2 Å². The second kappa shape index (κ2) is 7.65. The maximum Gasteiger partial charge on any atom is 0.573 e.